The first-order valence-corrected chi connectivity index (χ1v) is 8.74. The summed E-state index contributed by atoms with van der Waals surface area (Å²) in [6, 6.07) is 0. The van der Waals surface area contributed by atoms with Crippen molar-refractivity contribution >= 4 is 5.95 Å². The highest BCUT2D eigenvalue weighted by molar-refractivity contribution is 5.29. The highest BCUT2D eigenvalue weighted by Crippen LogP contribution is 2.35. The second-order valence-electron chi connectivity index (χ2n) is 7.32. The van der Waals surface area contributed by atoms with Gasteiger partial charge in [-0.15, -0.1) is 0 Å². The van der Waals surface area contributed by atoms with E-state index in [1.165, 1.54) is 12.4 Å². The number of likely N-dealkylation sites (N-methyl/N-ethyl adjacent to an activating group) is 1. The number of aromatic nitrogens is 2. The van der Waals surface area contributed by atoms with Gasteiger partial charge in [-0.2, -0.15) is 0 Å². The van der Waals surface area contributed by atoms with Gasteiger partial charge in [0, 0.05) is 44.7 Å². The number of piperidine rings is 1. The van der Waals surface area contributed by atoms with Crippen molar-refractivity contribution in [2.45, 2.75) is 12.8 Å². The molecule has 0 amide bonds. The van der Waals surface area contributed by atoms with Gasteiger partial charge < -0.3 is 14.5 Å². The van der Waals surface area contributed by atoms with E-state index in [0.717, 1.165) is 65.3 Å². The molecular weight excluding hydrogens is 309 g/mol. The first kappa shape index (κ1) is 17.5. The molecule has 0 aliphatic carbocycles. The van der Waals surface area contributed by atoms with Crippen LogP contribution >= 0.6 is 0 Å². The zero-order chi connectivity index (χ0) is 17.0. The molecule has 0 bridgehead atoms. The molecular formula is C17H28FN5O. The van der Waals surface area contributed by atoms with Crippen molar-refractivity contribution in [2.24, 2.45) is 5.41 Å². The first-order chi connectivity index (χ1) is 11.6. The number of ether oxygens (including phenoxy) is 1. The van der Waals surface area contributed by atoms with Crippen molar-refractivity contribution in [1.82, 2.24) is 19.8 Å². The van der Waals surface area contributed by atoms with Crippen molar-refractivity contribution in [3.8, 4) is 0 Å². The summed E-state index contributed by atoms with van der Waals surface area (Å²) >= 11 is 0. The summed E-state index contributed by atoms with van der Waals surface area (Å²) in [5, 5.41) is 0. The molecule has 0 unspecified atom stereocenters. The summed E-state index contributed by atoms with van der Waals surface area (Å²) in [7, 11) is 4.23. The molecule has 0 aromatic carbocycles. The van der Waals surface area contributed by atoms with Gasteiger partial charge in [0.25, 0.3) is 0 Å². The lowest BCUT2D eigenvalue weighted by molar-refractivity contribution is 0.0488. The summed E-state index contributed by atoms with van der Waals surface area (Å²) < 4.78 is 18.9. The minimum Gasteiger partial charge on any atom is -0.379 e. The molecule has 2 aliphatic heterocycles. The van der Waals surface area contributed by atoms with Crippen molar-refractivity contribution < 1.29 is 9.13 Å². The maximum absolute atomic E-state index is 13.0. The average Bonchev–Trinajstić information content (AvgIpc) is 2.77. The van der Waals surface area contributed by atoms with Gasteiger partial charge in [0.1, 0.15) is 0 Å². The van der Waals surface area contributed by atoms with Crippen LogP contribution in [0.4, 0.5) is 10.3 Å². The number of hydrogen-bond acceptors (Lipinski definition) is 6. The summed E-state index contributed by atoms with van der Waals surface area (Å²) in [6.45, 7) is 7.73. The van der Waals surface area contributed by atoms with Crippen LogP contribution in [0.1, 0.15) is 12.8 Å². The highest BCUT2D eigenvalue weighted by Gasteiger charge is 2.38. The van der Waals surface area contributed by atoms with Crippen molar-refractivity contribution in [3.05, 3.63) is 18.2 Å². The second-order valence-corrected chi connectivity index (χ2v) is 7.32. The van der Waals surface area contributed by atoms with Crippen LogP contribution in [-0.2, 0) is 4.74 Å². The van der Waals surface area contributed by atoms with Gasteiger partial charge in [-0.25, -0.2) is 14.4 Å². The number of halogens is 1. The van der Waals surface area contributed by atoms with E-state index in [0.29, 0.717) is 5.95 Å². The second kappa shape index (κ2) is 7.72. The van der Waals surface area contributed by atoms with Gasteiger partial charge in [-0.05, 0) is 26.9 Å². The molecule has 2 saturated heterocycles. The monoisotopic (exact) mass is 337 g/mol. The van der Waals surface area contributed by atoms with Crippen molar-refractivity contribution in [3.63, 3.8) is 0 Å². The smallest absolute Gasteiger partial charge is 0.225 e. The van der Waals surface area contributed by atoms with E-state index in [1.54, 1.807) is 0 Å². The molecule has 1 aromatic rings. The lowest BCUT2D eigenvalue weighted by Gasteiger charge is -2.42. The molecule has 3 heterocycles. The van der Waals surface area contributed by atoms with Crippen molar-refractivity contribution in [2.75, 3.05) is 71.5 Å². The van der Waals surface area contributed by atoms with Gasteiger partial charge in [-0.3, -0.25) is 4.90 Å². The molecule has 1 aromatic heterocycles. The average molecular weight is 337 g/mol. The molecule has 2 aliphatic rings. The normalized spacial score (nSPS) is 22.1. The fourth-order valence-electron chi connectivity index (χ4n) is 3.57. The van der Waals surface area contributed by atoms with E-state index < -0.39 is 0 Å². The van der Waals surface area contributed by atoms with Crippen LogP contribution in [0, 0.1) is 11.2 Å². The van der Waals surface area contributed by atoms with Crippen molar-refractivity contribution in [1.29, 1.82) is 0 Å². The van der Waals surface area contributed by atoms with Gasteiger partial charge >= 0.3 is 0 Å². The Morgan fingerprint density at radius 3 is 2.58 bits per heavy atom. The predicted octanol–water partition coefficient (Wildman–Crippen LogP) is 1.10. The first-order valence-electron chi connectivity index (χ1n) is 8.74. The van der Waals surface area contributed by atoms with E-state index in [1.807, 2.05) is 0 Å². The molecule has 0 atom stereocenters. The summed E-state index contributed by atoms with van der Waals surface area (Å²) in [5.74, 6) is 0.242. The van der Waals surface area contributed by atoms with E-state index in [9.17, 15) is 4.39 Å². The van der Waals surface area contributed by atoms with Crippen LogP contribution in [0.2, 0.25) is 0 Å². The molecule has 0 saturated carbocycles. The minimum atomic E-state index is -0.388. The highest BCUT2D eigenvalue weighted by atomic mass is 19.1. The Morgan fingerprint density at radius 2 is 1.92 bits per heavy atom. The largest absolute Gasteiger partial charge is 0.379 e. The SMILES string of the molecule is CN(C)CCN1CCOCC2(CCN(c3ncc(F)cn3)CC2)C1. The summed E-state index contributed by atoms with van der Waals surface area (Å²) in [5.41, 5.74) is 0.222. The van der Waals surface area contributed by atoms with Crippen LogP contribution in [0.25, 0.3) is 0 Å². The molecule has 0 radical (unpaired) electrons. The molecule has 24 heavy (non-hydrogen) atoms. The van der Waals surface area contributed by atoms with Crippen LogP contribution in [0.5, 0.6) is 0 Å². The van der Waals surface area contributed by atoms with Crippen LogP contribution in [0.3, 0.4) is 0 Å². The molecule has 2 fully saturated rings. The Kier molecular flexibility index (Phi) is 5.63. The summed E-state index contributed by atoms with van der Waals surface area (Å²) in [6.07, 6.45) is 4.60. The zero-order valence-corrected chi connectivity index (χ0v) is 14.7. The maximum atomic E-state index is 13.0. The molecule has 0 N–H and O–H groups in total. The van der Waals surface area contributed by atoms with Crippen LogP contribution in [0.15, 0.2) is 12.4 Å². The van der Waals surface area contributed by atoms with E-state index in [-0.39, 0.29) is 11.2 Å². The minimum absolute atomic E-state index is 0.222. The fraction of sp³-hybridized carbons (Fsp3) is 0.765. The lowest BCUT2D eigenvalue weighted by Crippen LogP contribution is -2.48. The van der Waals surface area contributed by atoms with Gasteiger partial charge in [0.15, 0.2) is 5.82 Å². The van der Waals surface area contributed by atoms with E-state index in [2.05, 4.69) is 38.8 Å². The third kappa shape index (κ3) is 4.40. The van der Waals surface area contributed by atoms with Gasteiger partial charge in [0.05, 0.1) is 25.6 Å². The Bertz CT molecular complexity index is 516. The Labute approximate surface area is 143 Å². The van der Waals surface area contributed by atoms with Gasteiger partial charge in [0.2, 0.25) is 5.95 Å². The summed E-state index contributed by atoms with van der Waals surface area (Å²) in [4.78, 5) is 15.1. The maximum Gasteiger partial charge on any atom is 0.225 e. The Morgan fingerprint density at radius 1 is 1.21 bits per heavy atom. The number of rotatable bonds is 4. The Hall–Kier alpha value is -1.31. The quantitative estimate of drug-likeness (QED) is 0.820. The van der Waals surface area contributed by atoms with Gasteiger partial charge in [-0.1, -0.05) is 0 Å². The molecule has 6 nitrogen and oxygen atoms in total. The predicted molar refractivity (Wildman–Crippen MR) is 91.7 cm³/mol. The number of hydrogen-bond donors (Lipinski definition) is 0. The number of anilines is 1. The molecule has 7 heteroatoms. The third-order valence-corrected chi connectivity index (χ3v) is 5.10. The zero-order valence-electron chi connectivity index (χ0n) is 14.7. The van der Waals surface area contributed by atoms with Crippen LogP contribution in [-0.4, -0.2) is 86.3 Å². The third-order valence-electron chi connectivity index (χ3n) is 5.10. The topological polar surface area (TPSA) is 44.7 Å². The van der Waals surface area contributed by atoms with Crippen LogP contribution < -0.4 is 4.90 Å². The fourth-order valence-corrected chi connectivity index (χ4v) is 3.57. The molecule has 1 spiro atoms. The Balaban J connectivity index is 1.59. The van der Waals surface area contributed by atoms with E-state index >= 15 is 0 Å². The van der Waals surface area contributed by atoms with E-state index in [4.69, 9.17) is 4.74 Å². The lowest BCUT2D eigenvalue weighted by atomic mass is 9.78. The molecule has 134 valence electrons. The molecule has 3 rings (SSSR count). The number of nitrogens with zero attached hydrogens (tertiary/aromatic N) is 5. The standard InChI is InChI=1S/C17H28FN5O/c1-21(2)7-8-22-9-10-24-14-17(13-22)3-5-23(6-4-17)16-19-11-15(18)12-20-16/h11-12H,3-10,13-14H2,1-2H3.